The predicted molar refractivity (Wildman–Crippen MR) is 94.2 cm³/mol. The number of para-hydroxylation sites is 1. The fraction of sp³-hybridized carbons (Fsp3) is 0.368. The van der Waals surface area contributed by atoms with Crippen LogP contribution in [0.3, 0.4) is 0 Å². The number of urea groups is 1. The van der Waals surface area contributed by atoms with Gasteiger partial charge < -0.3 is 15.0 Å². The van der Waals surface area contributed by atoms with Crippen molar-refractivity contribution in [1.82, 2.24) is 20.1 Å². The van der Waals surface area contributed by atoms with Crippen molar-refractivity contribution in [2.24, 2.45) is 0 Å². The van der Waals surface area contributed by atoms with Crippen molar-refractivity contribution in [1.29, 1.82) is 0 Å². The molecule has 1 aromatic heterocycles. The minimum absolute atomic E-state index is 0.0729. The summed E-state index contributed by atoms with van der Waals surface area (Å²) in [5.74, 6) is 0.899. The van der Waals surface area contributed by atoms with Gasteiger partial charge in [0.2, 0.25) is 0 Å². The largest absolute Gasteiger partial charge is 0.487 e. The van der Waals surface area contributed by atoms with Gasteiger partial charge in [0.15, 0.2) is 0 Å². The lowest BCUT2D eigenvalue weighted by Gasteiger charge is -2.36. The summed E-state index contributed by atoms with van der Waals surface area (Å²) in [5.41, 5.74) is 2.09. The second kappa shape index (κ2) is 7.11. The summed E-state index contributed by atoms with van der Waals surface area (Å²) >= 11 is 0. The van der Waals surface area contributed by atoms with E-state index in [1.807, 2.05) is 41.3 Å². The number of hydrogen-bond acceptors (Lipinski definition) is 4. The number of benzene rings is 1. The molecule has 1 aromatic carbocycles. The Morgan fingerprint density at radius 1 is 1.16 bits per heavy atom. The Hall–Kier alpha value is -2.60. The summed E-state index contributed by atoms with van der Waals surface area (Å²) in [6, 6.07) is 14.3. The first kappa shape index (κ1) is 15.9. The Balaban J connectivity index is 1.40. The maximum absolute atomic E-state index is 11.7. The van der Waals surface area contributed by atoms with Gasteiger partial charge in [-0.1, -0.05) is 24.3 Å². The first-order valence-electron chi connectivity index (χ1n) is 8.67. The van der Waals surface area contributed by atoms with Crippen LogP contribution in [-0.4, -0.2) is 53.0 Å². The van der Waals surface area contributed by atoms with Crippen molar-refractivity contribution in [2.45, 2.75) is 19.2 Å². The molecular weight excluding hydrogens is 316 g/mol. The van der Waals surface area contributed by atoms with Crippen molar-refractivity contribution in [3.05, 3.63) is 59.9 Å². The number of fused-ring (bicyclic) bond motifs is 1. The molecule has 2 aliphatic heterocycles. The topological polar surface area (TPSA) is 57.7 Å². The number of carbonyl (C=O) groups excluding carboxylic acids is 1. The van der Waals surface area contributed by atoms with Crippen LogP contribution in [0.5, 0.6) is 5.75 Å². The number of nitrogens with zero attached hydrogens (tertiary/aromatic N) is 3. The van der Waals surface area contributed by atoms with Gasteiger partial charge >= 0.3 is 6.03 Å². The van der Waals surface area contributed by atoms with E-state index in [1.165, 1.54) is 5.56 Å². The van der Waals surface area contributed by atoms with Gasteiger partial charge in [-0.05, 0) is 18.2 Å². The van der Waals surface area contributed by atoms with Crippen molar-refractivity contribution in [2.75, 3.05) is 26.2 Å². The Morgan fingerprint density at radius 3 is 2.92 bits per heavy atom. The molecule has 0 bridgehead atoms. The smallest absolute Gasteiger partial charge is 0.317 e. The van der Waals surface area contributed by atoms with Crippen LogP contribution in [0.2, 0.25) is 0 Å². The molecule has 3 heterocycles. The van der Waals surface area contributed by atoms with Crippen LogP contribution in [0.25, 0.3) is 0 Å². The summed E-state index contributed by atoms with van der Waals surface area (Å²) in [6.07, 6.45) is 1.78. The van der Waals surface area contributed by atoms with Crippen LogP contribution in [-0.2, 0) is 13.2 Å². The lowest BCUT2D eigenvalue weighted by molar-refractivity contribution is 0.115. The van der Waals surface area contributed by atoms with Crippen LogP contribution in [0.1, 0.15) is 11.3 Å². The molecule has 2 saturated heterocycles. The molecule has 2 aromatic rings. The molecule has 25 heavy (non-hydrogen) atoms. The molecule has 0 radical (unpaired) electrons. The Bertz CT molecular complexity index is 737. The van der Waals surface area contributed by atoms with Gasteiger partial charge in [-0.3, -0.25) is 9.88 Å². The minimum Gasteiger partial charge on any atom is -0.487 e. The van der Waals surface area contributed by atoms with E-state index in [0.717, 1.165) is 44.2 Å². The zero-order chi connectivity index (χ0) is 17.1. The molecule has 0 aliphatic carbocycles. The molecule has 2 fully saturated rings. The summed E-state index contributed by atoms with van der Waals surface area (Å²) in [6.45, 7) is 4.61. The van der Waals surface area contributed by atoms with Gasteiger partial charge in [-0.25, -0.2) is 4.79 Å². The van der Waals surface area contributed by atoms with E-state index >= 15 is 0 Å². The van der Waals surface area contributed by atoms with E-state index in [2.05, 4.69) is 21.3 Å². The molecule has 6 heteroatoms. The number of rotatable bonds is 5. The number of nitrogens with one attached hydrogen (secondary N) is 1. The SMILES string of the molecule is O=C1NC[C@H]2CN(Cc3ccccc3OCc3ccccn3)CCN12. The first-order valence-corrected chi connectivity index (χ1v) is 8.67. The zero-order valence-corrected chi connectivity index (χ0v) is 14.1. The van der Waals surface area contributed by atoms with Crippen molar-refractivity contribution in [3.63, 3.8) is 0 Å². The highest BCUT2D eigenvalue weighted by molar-refractivity contribution is 5.77. The summed E-state index contributed by atoms with van der Waals surface area (Å²) in [7, 11) is 0. The van der Waals surface area contributed by atoms with E-state index in [9.17, 15) is 4.79 Å². The molecule has 4 rings (SSSR count). The highest BCUT2D eigenvalue weighted by Gasteiger charge is 2.35. The quantitative estimate of drug-likeness (QED) is 0.904. The maximum atomic E-state index is 11.7. The zero-order valence-electron chi connectivity index (χ0n) is 14.1. The molecule has 1 atom stereocenters. The van der Waals surface area contributed by atoms with Crippen LogP contribution in [0.15, 0.2) is 48.7 Å². The highest BCUT2D eigenvalue weighted by atomic mass is 16.5. The Labute approximate surface area is 147 Å². The monoisotopic (exact) mass is 338 g/mol. The van der Waals surface area contributed by atoms with E-state index in [0.29, 0.717) is 6.61 Å². The second-order valence-electron chi connectivity index (χ2n) is 6.49. The highest BCUT2D eigenvalue weighted by Crippen LogP contribution is 2.23. The lowest BCUT2D eigenvalue weighted by atomic mass is 10.1. The van der Waals surface area contributed by atoms with E-state index in [1.54, 1.807) is 6.20 Å². The third-order valence-corrected chi connectivity index (χ3v) is 4.78. The average molecular weight is 338 g/mol. The van der Waals surface area contributed by atoms with E-state index < -0.39 is 0 Å². The van der Waals surface area contributed by atoms with Gasteiger partial charge in [0.1, 0.15) is 12.4 Å². The normalized spacial score (nSPS) is 20.2. The van der Waals surface area contributed by atoms with Gasteiger partial charge in [0.05, 0.1) is 11.7 Å². The number of pyridine rings is 1. The predicted octanol–water partition coefficient (Wildman–Crippen LogP) is 1.87. The van der Waals surface area contributed by atoms with Crippen molar-refractivity contribution < 1.29 is 9.53 Å². The summed E-state index contributed by atoms with van der Waals surface area (Å²) in [5, 5.41) is 2.92. The minimum atomic E-state index is 0.0729. The molecule has 1 N–H and O–H groups in total. The summed E-state index contributed by atoms with van der Waals surface area (Å²) in [4.78, 5) is 20.4. The number of amides is 2. The molecule has 130 valence electrons. The van der Waals surface area contributed by atoms with Crippen LogP contribution in [0, 0.1) is 0 Å². The second-order valence-corrected chi connectivity index (χ2v) is 6.49. The molecule has 0 spiro atoms. The van der Waals surface area contributed by atoms with Gasteiger partial charge in [0, 0.05) is 44.5 Å². The van der Waals surface area contributed by atoms with E-state index in [-0.39, 0.29) is 12.1 Å². The van der Waals surface area contributed by atoms with Crippen LogP contribution < -0.4 is 10.1 Å². The molecular formula is C19H22N4O2. The molecule has 2 amide bonds. The van der Waals surface area contributed by atoms with Crippen molar-refractivity contribution in [3.8, 4) is 5.75 Å². The maximum Gasteiger partial charge on any atom is 0.317 e. The Kier molecular flexibility index (Phi) is 4.52. The standard InChI is InChI=1S/C19H22N4O2/c24-19-21-11-17-13-22(9-10-23(17)19)12-15-5-1-2-7-18(15)25-14-16-6-3-4-8-20-16/h1-8,17H,9-14H2,(H,21,24)/t17-/m0/s1. The molecule has 2 aliphatic rings. The van der Waals surface area contributed by atoms with Crippen molar-refractivity contribution >= 4 is 6.03 Å². The molecule has 6 nitrogen and oxygen atoms in total. The number of piperazine rings is 1. The van der Waals surface area contributed by atoms with Crippen LogP contribution in [0.4, 0.5) is 4.79 Å². The molecule has 0 saturated carbocycles. The van der Waals surface area contributed by atoms with Gasteiger partial charge in [-0.15, -0.1) is 0 Å². The average Bonchev–Trinajstić information content (AvgIpc) is 3.02. The number of ether oxygens (including phenoxy) is 1. The number of aromatic nitrogens is 1. The Morgan fingerprint density at radius 2 is 2.04 bits per heavy atom. The fourth-order valence-corrected chi connectivity index (χ4v) is 3.46. The number of hydrogen-bond donors (Lipinski definition) is 1. The van der Waals surface area contributed by atoms with Gasteiger partial charge in [-0.2, -0.15) is 0 Å². The van der Waals surface area contributed by atoms with Gasteiger partial charge in [0.25, 0.3) is 0 Å². The summed E-state index contributed by atoms with van der Waals surface area (Å²) < 4.78 is 6.00. The third-order valence-electron chi connectivity index (χ3n) is 4.78. The third kappa shape index (κ3) is 3.58. The molecule has 0 unspecified atom stereocenters. The van der Waals surface area contributed by atoms with Crippen LogP contribution >= 0.6 is 0 Å². The first-order chi connectivity index (χ1) is 12.3. The van der Waals surface area contributed by atoms with E-state index in [4.69, 9.17) is 4.74 Å². The fourth-order valence-electron chi connectivity index (χ4n) is 3.46. The number of carbonyl (C=O) groups is 1. The lowest BCUT2D eigenvalue weighted by Crippen LogP contribution is -2.51.